The molecule has 0 heterocycles. The van der Waals surface area contributed by atoms with Crippen molar-refractivity contribution in [3.05, 3.63) is 35.6 Å². The van der Waals surface area contributed by atoms with E-state index in [0.717, 1.165) is 12.8 Å². The van der Waals surface area contributed by atoms with Gasteiger partial charge >= 0.3 is 0 Å². The monoisotopic (exact) mass is 180 g/mol. The van der Waals surface area contributed by atoms with Crippen LogP contribution in [0.4, 0.5) is 4.39 Å². The summed E-state index contributed by atoms with van der Waals surface area (Å²) in [5.74, 6) is -0.153. The highest BCUT2D eigenvalue weighted by Gasteiger charge is 2.09. The average Bonchev–Trinajstić information content (AvgIpc) is 2.02. The van der Waals surface area contributed by atoms with E-state index in [4.69, 9.17) is 0 Å². The molecule has 72 valence electrons. The summed E-state index contributed by atoms with van der Waals surface area (Å²) < 4.78 is 12.6. The van der Waals surface area contributed by atoms with Crippen LogP contribution in [-0.4, -0.2) is 0 Å². The van der Waals surface area contributed by atoms with Gasteiger partial charge < -0.3 is 0 Å². The molecule has 0 saturated heterocycles. The molecule has 0 aliphatic heterocycles. The molecule has 1 aromatic rings. The lowest BCUT2D eigenvalue weighted by Crippen LogP contribution is -2.06. The molecule has 1 aromatic carbocycles. The first-order valence-corrected chi connectivity index (χ1v) is 4.72. The Labute approximate surface area is 79.8 Å². The standard InChI is InChI=1S/C12H17F/c1-12(2,3)9-8-10-4-6-11(13)7-5-10/h4-7H,8-9H2,1-3H3. The molecule has 0 atom stereocenters. The van der Waals surface area contributed by atoms with Crippen LogP contribution in [0.1, 0.15) is 32.8 Å². The van der Waals surface area contributed by atoms with Crippen molar-refractivity contribution in [1.82, 2.24) is 0 Å². The SMILES string of the molecule is CC(C)(C)CCc1ccc(F)cc1. The van der Waals surface area contributed by atoms with Crippen LogP contribution in [0, 0.1) is 11.2 Å². The molecule has 0 N–H and O–H groups in total. The van der Waals surface area contributed by atoms with Gasteiger partial charge in [-0.1, -0.05) is 32.9 Å². The summed E-state index contributed by atoms with van der Waals surface area (Å²) in [5, 5.41) is 0. The van der Waals surface area contributed by atoms with Crippen molar-refractivity contribution in [2.45, 2.75) is 33.6 Å². The maximum absolute atomic E-state index is 12.6. The van der Waals surface area contributed by atoms with Crippen molar-refractivity contribution in [2.75, 3.05) is 0 Å². The summed E-state index contributed by atoms with van der Waals surface area (Å²) >= 11 is 0. The second-order valence-corrected chi connectivity index (χ2v) is 4.69. The molecule has 0 nitrogen and oxygen atoms in total. The molecule has 0 amide bonds. The Morgan fingerprint density at radius 3 is 2.08 bits per heavy atom. The van der Waals surface area contributed by atoms with E-state index in [1.54, 1.807) is 0 Å². The fourth-order valence-corrected chi connectivity index (χ4v) is 1.17. The van der Waals surface area contributed by atoms with Crippen LogP contribution in [0.25, 0.3) is 0 Å². The highest BCUT2D eigenvalue weighted by Crippen LogP contribution is 2.21. The van der Waals surface area contributed by atoms with Crippen LogP contribution in [0.2, 0.25) is 0 Å². The average molecular weight is 180 g/mol. The van der Waals surface area contributed by atoms with Crippen molar-refractivity contribution in [2.24, 2.45) is 5.41 Å². The zero-order valence-electron chi connectivity index (χ0n) is 8.60. The second-order valence-electron chi connectivity index (χ2n) is 4.69. The first kappa shape index (κ1) is 10.2. The van der Waals surface area contributed by atoms with E-state index in [1.165, 1.54) is 17.7 Å². The number of rotatable bonds is 2. The van der Waals surface area contributed by atoms with Crippen LogP contribution in [0.5, 0.6) is 0 Å². The Balaban J connectivity index is 2.51. The molecular formula is C12H17F. The molecule has 0 spiro atoms. The lowest BCUT2D eigenvalue weighted by atomic mass is 9.89. The van der Waals surface area contributed by atoms with Crippen LogP contribution >= 0.6 is 0 Å². The van der Waals surface area contributed by atoms with Gasteiger partial charge in [0.1, 0.15) is 5.82 Å². The van der Waals surface area contributed by atoms with Gasteiger partial charge in [-0.15, -0.1) is 0 Å². The maximum atomic E-state index is 12.6. The van der Waals surface area contributed by atoms with Crippen molar-refractivity contribution in [3.8, 4) is 0 Å². The van der Waals surface area contributed by atoms with Crippen molar-refractivity contribution in [3.63, 3.8) is 0 Å². The molecule has 0 bridgehead atoms. The Hall–Kier alpha value is -0.850. The number of hydrogen-bond donors (Lipinski definition) is 0. The minimum absolute atomic E-state index is 0.153. The first-order chi connectivity index (χ1) is 5.97. The molecule has 0 saturated carbocycles. The molecule has 0 aliphatic rings. The number of halogens is 1. The number of benzene rings is 1. The first-order valence-electron chi connectivity index (χ1n) is 4.72. The summed E-state index contributed by atoms with van der Waals surface area (Å²) in [5.41, 5.74) is 1.57. The molecule has 13 heavy (non-hydrogen) atoms. The topological polar surface area (TPSA) is 0 Å². The Morgan fingerprint density at radius 2 is 1.62 bits per heavy atom. The smallest absolute Gasteiger partial charge is 0.123 e. The highest BCUT2D eigenvalue weighted by atomic mass is 19.1. The van der Waals surface area contributed by atoms with Gasteiger partial charge in [0.25, 0.3) is 0 Å². The summed E-state index contributed by atoms with van der Waals surface area (Å²) in [6.45, 7) is 6.66. The van der Waals surface area contributed by atoms with Crippen molar-refractivity contribution >= 4 is 0 Å². The van der Waals surface area contributed by atoms with Crippen LogP contribution in [0.15, 0.2) is 24.3 Å². The quantitative estimate of drug-likeness (QED) is 0.649. The van der Waals surface area contributed by atoms with Crippen LogP contribution in [-0.2, 0) is 6.42 Å². The van der Waals surface area contributed by atoms with Gasteiger partial charge in [-0.3, -0.25) is 0 Å². The van der Waals surface area contributed by atoms with Gasteiger partial charge in [-0.25, -0.2) is 4.39 Å². The Morgan fingerprint density at radius 1 is 1.08 bits per heavy atom. The third-order valence-corrected chi connectivity index (χ3v) is 2.08. The van der Waals surface area contributed by atoms with E-state index in [2.05, 4.69) is 20.8 Å². The number of hydrogen-bond acceptors (Lipinski definition) is 0. The zero-order valence-corrected chi connectivity index (χ0v) is 8.60. The van der Waals surface area contributed by atoms with Gasteiger partial charge in [-0.2, -0.15) is 0 Å². The summed E-state index contributed by atoms with van der Waals surface area (Å²) in [7, 11) is 0. The molecule has 1 heteroatoms. The molecule has 0 radical (unpaired) electrons. The van der Waals surface area contributed by atoms with Gasteiger partial charge in [0.05, 0.1) is 0 Å². The van der Waals surface area contributed by atoms with E-state index in [-0.39, 0.29) is 5.82 Å². The molecule has 1 rings (SSSR count). The number of aryl methyl sites for hydroxylation is 1. The summed E-state index contributed by atoms with van der Waals surface area (Å²) in [6.07, 6.45) is 2.17. The van der Waals surface area contributed by atoms with Gasteiger partial charge in [-0.05, 0) is 36.0 Å². The molecule has 0 aliphatic carbocycles. The van der Waals surface area contributed by atoms with Gasteiger partial charge in [0.2, 0.25) is 0 Å². The highest BCUT2D eigenvalue weighted by molar-refractivity contribution is 5.16. The normalized spacial score (nSPS) is 11.7. The minimum Gasteiger partial charge on any atom is -0.207 e. The molecule has 0 unspecified atom stereocenters. The minimum atomic E-state index is -0.153. The predicted octanol–water partition coefficient (Wildman–Crippen LogP) is 3.80. The van der Waals surface area contributed by atoms with Crippen molar-refractivity contribution < 1.29 is 4.39 Å². The van der Waals surface area contributed by atoms with Crippen molar-refractivity contribution in [1.29, 1.82) is 0 Å². The summed E-state index contributed by atoms with van der Waals surface area (Å²) in [6, 6.07) is 6.78. The van der Waals surface area contributed by atoms with E-state index in [1.807, 2.05) is 12.1 Å². The van der Waals surface area contributed by atoms with E-state index in [9.17, 15) is 4.39 Å². The van der Waals surface area contributed by atoms with Crippen LogP contribution in [0.3, 0.4) is 0 Å². The van der Waals surface area contributed by atoms with E-state index >= 15 is 0 Å². The van der Waals surface area contributed by atoms with E-state index in [0.29, 0.717) is 5.41 Å². The summed E-state index contributed by atoms with van der Waals surface area (Å²) in [4.78, 5) is 0. The lowest BCUT2D eigenvalue weighted by molar-refractivity contribution is 0.378. The lowest BCUT2D eigenvalue weighted by Gasteiger charge is -2.17. The van der Waals surface area contributed by atoms with E-state index < -0.39 is 0 Å². The third kappa shape index (κ3) is 4.07. The Kier molecular flexibility index (Phi) is 3.07. The Bertz CT molecular complexity index is 253. The fraction of sp³-hybridized carbons (Fsp3) is 0.500. The maximum Gasteiger partial charge on any atom is 0.123 e. The zero-order chi connectivity index (χ0) is 9.90. The van der Waals surface area contributed by atoms with Gasteiger partial charge in [0, 0.05) is 0 Å². The largest absolute Gasteiger partial charge is 0.207 e. The van der Waals surface area contributed by atoms with Gasteiger partial charge in [0.15, 0.2) is 0 Å². The molecule has 0 aromatic heterocycles. The second kappa shape index (κ2) is 3.91. The third-order valence-electron chi connectivity index (χ3n) is 2.08. The van der Waals surface area contributed by atoms with Crippen LogP contribution < -0.4 is 0 Å². The molecule has 0 fully saturated rings. The fourth-order valence-electron chi connectivity index (χ4n) is 1.17. The molecular weight excluding hydrogens is 163 g/mol. The predicted molar refractivity (Wildman–Crippen MR) is 54.2 cm³/mol.